The molecule has 1 N–H and O–H groups in total. The zero-order valence-corrected chi connectivity index (χ0v) is 14.6. The molecule has 0 aliphatic heterocycles. The third-order valence-electron chi connectivity index (χ3n) is 3.97. The summed E-state index contributed by atoms with van der Waals surface area (Å²) in [5, 5.41) is 7.10. The van der Waals surface area contributed by atoms with E-state index in [1.165, 1.54) is 13.2 Å². The van der Waals surface area contributed by atoms with Crippen LogP contribution in [-0.4, -0.2) is 27.8 Å². The molecule has 6 nitrogen and oxygen atoms in total. The number of nitrogens with one attached hydrogen (secondary N) is 1. The van der Waals surface area contributed by atoms with Crippen molar-refractivity contribution in [2.75, 3.05) is 7.11 Å². The molecule has 0 saturated carbocycles. The lowest BCUT2D eigenvalue weighted by atomic mass is 10.1. The highest BCUT2D eigenvalue weighted by Gasteiger charge is 2.17. The minimum atomic E-state index is -0.428. The number of nitrogens with zero attached hydrogens (tertiary/aromatic N) is 3. The van der Waals surface area contributed by atoms with Gasteiger partial charge in [-0.2, -0.15) is 5.10 Å². The molecule has 0 fully saturated rings. The van der Waals surface area contributed by atoms with Crippen LogP contribution in [0, 0.1) is 5.82 Å². The van der Waals surface area contributed by atoms with Crippen molar-refractivity contribution in [1.29, 1.82) is 0 Å². The Morgan fingerprint density at radius 1 is 1.23 bits per heavy atom. The SMILES string of the molecule is CCn1nc(C(=O)NCc2ccncc2)cc1-c1ccc(OC)cc1F. The highest BCUT2D eigenvalue weighted by atomic mass is 19.1. The standard InChI is InChI=1S/C19H19FN4O2/c1-3-24-18(15-5-4-14(26-2)10-16(15)20)11-17(23-24)19(25)22-12-13-6-8-21-9-7-13/h4-11H,3,12H2,1-2H3,(H,22,25). The number of ether oxygens (including phenoxy) is 1. The molecule has 3 rings (SSSR count). The predicted octanol–water partition coefficient (Wildman–Crippen LogP) is 3.04. The molecule has 1 aromatic carbocycles. The second kappa shape index (κ2) is 7.77. The van der Waals surface area contributed by atoms with Gasteiger partial charge in [0.2, 0.25) is 0 Å². The summed E-state index contributed by atoms with van der Waals surface area (Å²) in [4.78, 5) is 16.3. The molecule has 7 heteroatoms. The van der Waals surface area contributed by atoms with E-state index in [0.29, 0.717) is 30.1 Å². The van der Waals surface area contributed by atoms with Crippen LogP contribution in [0.2, 0.25) is 0 Å². The van der Waals surface area contributed by atoms with Crippen molar-refractivity contribution in [2.45, 2.75) is 20.0 Å². The van der Waals surface area contributed by atoms with Crippen molar-refractivity contribution in [3.8, 4) is 17.0 Å². The first-order valence-electron chi connectivity index (χ1n) is 8.21. The van der Waals surface area contributed by atoms with Crippen LogP contribution < -0.4 is 10.1 Å². The predicted molar refractivity (Wildman–Crippen MR) is 95.3 cm³/mol. The van der Waals surface area contributed by atoms with Crippen LogP contribution in [0.1, 0.15) is 23.0 Å². The van der Waals surface area contributed by atoms with Crippen molar-refractivity contribution >= 4 is 5.91 Å². The van der Waals surface area contributed by atoms with Crippen molar-refractivity contribution in [3.63, 3.8) is 0 Å². The number of rotatable bonds is 6. The Morgan fingerprint density at radius 3 is 2.65 bits per heavy atom. The lowest BCUT2D eigenvalue weighted by molar-refractivity contribution is 0.0945. The number of aryl methyl sites for hydroxylation is 1. The van der Waals surface area contributed by atoms with E-state index >= 15 is 0 Å². The van der Waals surface area contributed by atoms with Gasteiger partial charge >= 0.3 is 0 Å². The summed E-state index contributed by atoms with van der Waals surface area (Å²) in [7, 11) is 1.48. The van der Waals surface area contributed by atoms with Gasteiger partial charge in [0.1, 0.15) is 11.6 Å². The Kier molecular flexibility index (Phi) is 5.26. The maximum atomic E-state index is 14.4. The van der Waals surface area contributed by atoms with Crippen LogP contribution in [0.25, 0.3) is 11.3 Å². The van der Waals surface area contributed by atoms with Gasteiger partial charge in [-0.05, 0) is 42.8 Å². The summed E-state index contributed by atoms with van der Waals surface area (Å²) in [6, 6.07) is 9.85. The second-order valence-corrected chi connectivity index (χ2v) is 5.61. The number of benzene rings is 1. The summed E-state index contributed by atoms with van der Waals surface area (Å²) < 4.78 is 21.0. The van der Waals surface area contributed by atoms with Gasteiger partial charge in [-0.1, -0.05) is 0 Å². The third-order valence-corrected chi connectivity index (χ3v) is 3.97. The van der Waals surface area contributed by atoms with Gasteiger partial charge in [0.15, 0.2) is 5.69 Å². The molecule has 2 heterocycles. The van der Waals surface area contributed by atoms with Crippen molar-refractivity contribution in [3.05, 3.63) is 65.9 Å². The minimum Gasteiger partial charge on any atom is -0.497 e. The van der Waals surface area contributed by atoms with Gasteiger partial charge in [0.25, 0.3) is 5.91 Å². The average Bonchev–Trinajstić information content (AvgIpc) is 3.11. The summed E-state index contributed by atoms with van der Waals surface area (Å²) >= 11 is 0. The zero-order chi connectivity index (χ0) is 18.5. The average molecular weight is 354 g/mol. The highest BCUT2D eigenvalue weighted by Crippen LogP contribution is 2.27. The molecule has 2 aromatic heterocycles. The van der Waals surface area contributed by atoms with Crippen molar-refractivity contribution in [2.24, 2.45) is 0 Å². The number of carbonyl (C=O) groups is 1. The fourth-order valence-electron chi connectivity index (χ4n) is 2.59. The molecule has 0 bridgehead atoms. The maximum absolute atomic E-state index is 14.4. The van der Waals surface area contributed by atoms with Crippen molar-refractivity contribution in [1.82, 2.24) is 20.1 Å². The van der Waals surface area contributed by atoms with E-state index in [0.717, 1.165) is 5.56 Å². The Bertz CT molecular complexity index is 909. The van der Waals surface area contributed by atoms with E-state index < -0.39 is 5.82 Å². The first-order chi connectivity index (χ1) is 12.6. The summed E-state index contributed by atoms with van der Waals surface area (Å²) in [6.07, 6.45) is 3.33. The number of methoxy groups -OCH3 is 1. The topological polar surface area (TPSA) is 69.0 Å². The van der Waals surface area contributed by atoms with Gasteiger partial charge < -0.3 is 10.1 Å². The van der Waals surface area contributed by atoms with Gasteiger partial charge in [0, 0.05) is 37.1 Å². The van der Waals surface area contributed by atoms with Gasteiger partial charge in [-0.3, -0.25) is 14.5 Å². The first kappa shape index (κ1) is 17.6. The number of aromatic nitrogens is 3. The van der Waals surface area contributed by atoms with Crippen LogP contribution in [-0.2, 0) is 13.1 Å². The lowest BCUT2D eigenvalue weighted by Gasteiger charge is -2.07. The molecule has 1 amide bonds. The van der Waals surface area contributed by atoms with E-state index in [4.69, 9.17) is 4.74 Å². The molecule has 134 valence electrons. The normalized spacial score (nSPS) is 10.6. The fraction of sp³-hybridized carbons (Fsp3) is 0.211. The first-order valence-corrected chi connectivity index (χ1v) is 8.21. The Hall–Kier alpha value is -3.22. The molecule has 0 aliphatic carbocycles. The molecule has 26 heavy (non-hydrogen) atoms. The molecule has 3 aromatic rings. The molecule has 0 spiro atoms. The number of pyridine rings is 1. The molecule has 0 unspecified atom stereocenters. The van der Waals surface area contributed by atoms with E-state index in [1.54, 1.807) is 35.3 Å². The zero-order valence-electron chi connectivity index (χ0n) is 14.6. The quantitative estimate of drug-likeness (QED) is 0.739. The number of hydrogen-bond donors (Lipinski definition) is 1. The Labute approximate surface area is 150 Å². The van der Waals surface area contributed by atoms with Crippen LogP contribution in [0.4, 0.5) is 4.39 Å². The number of hydrogen-bond acceptors (Lipinski definition) is 4. The molecule has 0 saturated heterocycles. The minimum absolute atomic E-state index is 0.242. The van der Waals surface area contributed by atoms with E-state index in [2.05, 4.69) is 15.4 Å². The molecule has 0 aliphatic rings. The fourth-order valence-corrected chi connectivity index (χ4v) is 2.59. The molecular formula is C19H19FN4O2. The van der Waals surface area contributed by atoms with Crippen LogP contribution >= 0.6 is 0 Å². The van der Waals surface area contributed by atoms with Crippen LogP contribution in [0.5, 0.6) is 5.75 Å². The van der Waals surface area contributed by atoms with Crippen LogP contribution in [0.3, 0.4) is 0 Å². The monoisotopic (exact) mass is 354 g/mol. The summed E-state index contributed by atoms with van der Waals surface area (Å²) in [5.41, 5.74) is 2.09. The number of amides is 1. The molecule has 0 atom stereocenters. The number of carbonyl (C=O) groups excluding carboxylic acids is 1. The van der Waals surface area contributed by atoms with Crippen molar-refractivity contribution < 1.29 is 13.9 Å². The van der Waals surface area contributed by atoms with E-state index in [1.807, 2.05) is 19.1 Å². The highest BCUT2D eigenvalue weighted by molar-refractivity contribution is 5.93. The smallest absolute Gasteiger partial charge is 0.272 e. The Morgan fingerprint density at radius 2 is 2.00 bits per heavy atom. The molecule has 0 radical (unpaired) electrons. The van der Waals surface area contributed by atoms with E-state index in [9.17, 15) is 9.18 Å². The third kappa shape index (κ3) is 3.72. The van der Waals surface area contributed by atoms with Gasteiger partial charge in [-0.15, -0.1) is 0 Å². The second-order valence-electron chi connectivity index (χ2n) is 5.61. The lowest BCUT2D eigenvalue weighted by Crippen LogP contribution is -2.23. The Balaban J connectivity index is 1.83. The van der Waals surface area contributed by atoms with Gasteiger partial charge in [-0.25, -0.2) is 4.39 Å². The van der Waals surface area contributed by atoms with Gasteiger partial charge in [0.05, 0.1) is 12.8 Å². The number of halogens is 1. The summed E-state index contributed by atoms with van der Waals surface area (Å²) in [5.74, 6) is -0.309. The largest absolute Gasteiger partial charge is 0.497 e. The maximum Gasteiger partial charge on any atom is 0.272 e. The summed E-state index contributed by atoms with van der Waals surface area (Å²) in [6.45, 7) is 2.77. The van der Waals surface area contributed by atoms with E-state index in [-0.39, 0.29) is 11.6 Å². The molecular weight excluding hydrogens is 335 g/mol. The van der Waals surface area contributed by atoms with Crippen LogP contribution in [0.15, 0.2) is 48.8 Å².